The van der Waals surface area contributed by atoms with Crippen molar-refractivity contribution in [2.24, 2.45) is 11.8 Å². The molecule has 0 spiro atoms. The van der Waals surface area contributed by atoms with Crippen molar-refractivity contribution in [3.63, 3.8) is 0 Å². The van der Waals surface area contributed by atoms with Gasteiger partial charge in [0.2, 0.25) is 0 Å². The smallest absolute Gasteiger partial charge is 0.124 e. The van der Waals surface area contributed by atoms with E-state index in [0.717, 1.165) is 31.5 Å². The molecule has 0 radical (unpaired) electrons. The fourth-order valence-corrected chi connectivity index (χ4v) is 3.95. The molecule has 1 saturated carbocycles. The van der Waals surface area contributed by atoms with E-state index in [-0.39, 0.29) is 5.72 Å². The number of piperazine rings is 1. The first kappa shape index (κ1) is 11.9. The molecule has 0 aromatic rings. The van der Waals surface area contributed by atoms with Gasteiger partial charge in [-0.3, -0.25) is 4.90 Å². The van der Waals surface area contributed by atoms with Gasteiger partial charge in [-0.1, -0.05) is 6.92 Å². The van der Waals surface area contributed by atoms with Crippen molar-refractivity contribution in [3.05, 3.63) is 0 Å². The first-order valence-corrected chi connectivity index (χ1v) is 7.41. The van der Waals surface area contributed by atoms with Crippen LogP contribution in [0.2, 0.25) is 0 Å². The highest BCUT2D eigenvalue weighted by molar-refractivity contribution is 4.97. The maximum absolute atomic E-state index is 6.36. The van der Waals surface area contributed by atoms with E-state index in [1.54, 1.807) is 0 Å². The molecule has 98 valence electrons. The third kappa shape index (κ3) is 2.13. The lowest BCUT2D eigenvalue weighted by atomic mass is 9.67. The minimum Gasteiger partial charge on any atom is -0.360 e. The predicted molar refractivity (Wildman–Crippen MR) is 68.9 cm³/mol. The minimum absolute atomic E-state index is 0.118. The van der Waals surface area contributed by atoms with Gasteiger partial charge < -0.3 is 10.1 Å². The molecule has 0 aromatic heterocycles. The summed E-state index contributed by atoms with van der Waals surface area (Å²) in [6.07, 6.45) is 6.64. The molecular weight excluding hydrogens is 212 g/mol. The summed E-state index contributed by atoms with van der Waals surface area (Å²) >= 11 is 0. The largest absolute Gasteiger partial charge is 0.360 e. The summed E-state index contributed by atoms with van der Waals surface area (Å²) in [7, 11) is 0. The SMILES string of the molecule is CC1CC(C2(N3CCNCC3)CCCCO2)C1. The third-order valence-electron chi connectivity index (χ3n) is 4.95. The average molecular weight is 238 g/mol. The van der Waals surface area contributed by atoms with E-state index >= 15 is 0 Å². The highest BCUT2D eigenvalue weighted by atomic mass is 16.5. The van der Waals surface area contributed by atoms with E-state index in [2.05, 4.69) is 17.1 Å². The summed E-state index contributed by atoms with van der Waals surface area (Å²) < 4.78 is 6.36. The van der Waals surface area contributed by atoms with Crippen LogP contribution in [0.5, 0.6) is 0 Å². The molecule has 1 atom stereocenters. The summed E-state index contributed by atoms with van der Waals surface area (Å²) in [5.74, 6) is 1.72. The molecule has 1 aliphatic carbocycles. The van der Waals surface area contributed by atoms with Crippen molar-refractivity contribution >= 4 is 0 Å². The topological polar surface area (TPSA) is 24.5 Å². The molecule has 0 amide bonds. The normalized spacial score (nSPS) is 44.3. The molecule has 3 rings (SSSR count). The zero-order valence-electron chi connectivity index (χ0n) is 11.1. The molecule has 1 N–H and O–H groups in total. The van der Waals surface area contributed by atoms with Crippen molar-refractivity contribution in [3.8, 4) is 0 Å². The Bertz CT molecular complexity index is 251. The highest BCUT2D eigenvalue weighted by Gasteiger charge is 2.50. The lowest BCUT2D eigenvalue weighted by Crippen LogP contribution is -2.64. The van der Waals surface area contributed by atoms with Crippen molar-refractivity contribution < 1.29 is 4.74 Å². The van der Waals surface area contributed by atoms with Crippen LogP contribution in [-0.4, -0.2) is 43.4 Å². The predicted octanol–water partition coefficient (Wildman–Crippen LogP) is 1.83. The van der Waals surface area contributed by atoms with E-state index in [4.69, 9.17) is 4.74 Å². The lowest BCUT2D eigenvalue weighted by Gasteiger charge is -2.56. The van der Waals surface area contributed by atoms with E-state index in [1.807, 2.05) is 0 Å². The standard InChI is InChI=1S/C14H26N2O/c1-12-10-13(11-12)14(4-2-3-9-17-14)16-7-5-15-6-8-16/h12-13,15H,2-11H2,1H3. The summed E-state index contributed by atoms with van der Waals surface area (Å²) in [6, 6.07) is 0. The van der Waals surface area contributed by atoms with Gasteiger partial charge in [-0.15, -0.1) is 0 Å². The molecule has 1 unspecified atom stereocenters. The summed E-state index contributed by atoms with van der Waals surface area (Å²) in [6.45, 7) is 7.97. The molecule has 2 saturated heterocycles. The van der Waals surface area contributed by atoms with Gasteiger partial charge in [-0.2, -0.15) is 0 Å². The molecule has 3 aliphatic rings. The fourth-order valence-electron chi connectivity index (χ4n) is 3.95. The van der Waals surface area contributed by atoms with E-state index in [1.165, 1.54) is 45.2 Å². The van der Waals surface area contributed by atoms with Crippen LogP contribution in [0, 0.1) is 11.8 Å². The Kier molecular flexibility index (Phi) is 3.42. The number of rotatable bonds is 2. The van der Waals surface area contributed by atoms with Crippen LogP contribution < -0.4 is 5.32 Å². The second-order valence-corrected chi connectivity index (χ2v) is 6.16. The van der Waals surface area contributed by atoms with Crippen molar-refractivity contribution in [1.82, 2.24) is 10.2 Å². The van der Waals surface area contributed by atoms with E-state index in [9.17, 15) is 0 Å². The second kappa shape index (κ2) is 4.87. The van der Waals surface area contributed by atoms with Crippen LogP contribution in [0.4, 0.5) is 0 Å². The third-order valence-corrected chi connectivity index (χ3v) is 4.95. The van der Waals surface area contributed by atoms with Crippen LogP contribution in [0.3, 0.4) is 0 Å². The quantitative estimate of drug-likeness (QED) is 0.794. The molecule has 17 heavy (non-hydrogen) atoms. The molecular formula is C14H26N2O. The maximum Gasteiger partial charge on any atom is 0.124 e. The van der Waals surface area contributed by atoms with Crippen LogP contribution in [-0.2, 0) is 4.74 Å². The number of hydrogen-bond donors (Lipinski definition) is 1. The molecule has 0 aromatic carbocycles. The first-order valence-electron chi connectivity index (χ1n) is 7.41. The van der Waals surface area contributed by atoms with Crippen LogP contribution in [0.1, 0.15) is 39.0 Å². The fraction of sp³-hybridized carbons (Fsp3) is 1.00. The van der Waals surface area contributed by atoms with E-state index < -0.39 is 0 Å². The van der Waals surface area contributed by atoms with Crippen LogP contribution >= 0.6 is 0 Å². The Morgan fingerprint density at radius 1 is 1.18 bits per heavy atom. The van der Waals surface area contributed by atoms with Crippen LogP contribution in [0.15, 0.2) is 0 Å². The Hall–Kier alpha value is -0.120. The zero-order valence-corrected chi connectivity index (χ0v) is 11.1. The minimum atomic E-state index is 0.118. The highest BCUT2D eigenvalue weighted by Crippen LogP contribution is 2.48. The van der Waals surface area contributed by atoms with Gasteiger partial charge >= 0.3 is 0 Å². The lowest BCUT2D eigenvalue weighted by molar-refractivity contribution is -0.235. The molecule has 3 heteroatoms. The Balaban J connectivity index is 1.74. The number of nitrogens with one attached hydrogen (secondary N) is 1. The second-order valence-electron chi connectivity index (χ2n) is 6.16. The van der Waals surface area contributed by atoms with Crippen molar-refractivity contribution in [2.75, 3.05) is 32.8 Å². The number of ether oxygens (including phenoxy) is 1. The van der Waals surface area contributed by atoms with Gasteiger partial charge in [0.15, 0.2) is 0 Å². The summed E-state index contributed by atoms with van der Waals surface area (Å²) in [5, 5.41) is 3.46. The Morgan fingerprint density at radius 3 is 2.53 bits per heavy atom. The maximum atomic E-state index is 6.36. The number of nitrogens with zero attached hydrogens (tertiary/aromatic N) is 1. The molecule has 0 bridgehead atoms. The molecule has 2 heterocycles. The summed E-state index contributed by atoms with van der Waals surface area (Å²) in [5.41, 5.74) is 0.118. The van der Waals surface area contributed by atoms with Gasteiger partial charge in [-0.25, -0.2) is 0 Å². The van der Waals surface area contributed by atoms with Gasteiger partial charge in [0, 0.05) is 38.7 Å². The van der Waals surface area contributed by atoms with E-state index in [0.29, 0.717) is 0 Å². The monoisotopic (exact) mass is 238 g/mol. The van der Waals surface area contributed by atoms with Gasteiger partial charge in [-0.05, 0) is 38.0 Å². The molecule has 2 aliphatic heterocycles. The number of hydrogen-bond acceptors (Lipinski definition) is 3. The zero-order chi connectivity index (χ0) is 11.7. The van der Waals surface area contributed by atoms with Crippen LogP contribution in [0.25, 0.3) is 0 Å². The average Bonchev–Trinajstić information content (AvgIpc) is 2.37. The van der Waals surface area contributed by atoms with Crippen molar-refractivity contribution in [1.29, 1.82) is 0 Å². The Labute approximate surface area is 105 Å². The van der Waals surface area contributed by atoms with Gasteiger partial charge in [0.1, 0.15) is 5.72 Å². The molecule has 3 nitrogen and oxygen atoms in total. The first-order chi connectivity index (χ1) is 8.31. The molecule has 3 fully saturated rings. The van der Waals surface area contributed by atoms with Gasteiger partial charge in [0.25, 0.3) is 0 Å². The van der Waals surface area contributed by atoms with Crippen molar-refractivity contribution in [2.45, 2.75) is 44.8 Å². The summed E-state index contributed by atoms with van der Waals surface area (Å²) in [4.78, 5) is 2.65. The Morgan fingerprint density at radius 2 is 1.94 bits per heavy atom. The van der Waals surface area contributed by atoms with Gasteiger partial charge in [0.05, 0.1) is 0 Å².